The van der Waals surface area contributed by atoms with Gasteiger partial charge in [0, 0.05) is 38.2 Å². The second-order valence-corrected chi connectivity index (χ2v) is 13.2. The molecule has 0 atom stereocenters. The van der Waals surface area contributed by atoms with Crippen LogP contribution in [0.4, 0.5) is 0 Å². The maximum atomic E-state index is 5.22. The molecule has 3 heteroatoms. The molecule has 8 aromatic carbocycles. The summed E-state index contributed by atoms with van der Waals surface area (Å²) in [5.74, 6) is 0.712. The van der Waals surface area contributed by atoms with Crippen LogP contribution < -0.4 is 0 Å². The molecule has 0 saturated carbocycles. The second-order valence-electron chi connectivity index (χ2n) is 13.2. The fourth-order valence-electron chi connectivity index (χ4n) is 7.50. The van der Waals surface area contributed by atoms with Gasteiger partial charge in [-0.2, -0.15) is 0 Å². The molecule has 0 aliphatic heterocycles. The number of pyridine rings is 1. The van der Waals surface area contributed by atoms with Gasteiger partial charge < -0.3 is 0 Å². The lowest BCUT2D eigenvalue weighted by molar-refractivity contribution is 1.23. The monoisotopic (exact) mass is 661 g/mol. The Bertz CT molecular complexity index is 2930. The third kappa shape index (κ3) is 5.19. The number of fused-ring (bicyclic) bond motifs is 6. The lowest BCUT2D eigenvalue weighted by Crippen LogP contribution is -1.95. The van der Waals surface area contributed by atoms with E-state index in [1.54, 1.807) is 0 Å². The summed E-state index contributed by atoms with van der Waals surface area (Å²) in [5.41, 5.74) is 11.5. The summed E-state index contributed by atoms with van der Waals surface area (Å²) in [6, 6.07) is 66.2. The van der Waals surface area contributed by atoms with Crippen molar-refractivity contribution in [2.45, 2.75) is 0 Å². The van der Waals surface area contributed by atoms with Gasteiger partial charge in [-0.3, -0.25) is 0 Å². The molecule has 10 aromatic rings. The first-order chi connectivity index (χ1) is 25.8. The third-order valence-electron chi connectivity index (χ3n) is 10.0. The van der Waals surface area contributed by atoms with Crippen LogP contribution in [0.1, 0.15) is 0 Å². The van der Waals surface area contributed by atoms with Crippen LogP contribution in [0.2, 0.25) is 0 Å². The van der Waals surface area contributed by atoms with Crippen LogP contribution in [-0.4, -0.2) is 15.0 Å². The first-order valence-corrected chi connectivity index (χ1v) is 17.6. The number of nitrogens with zero attached hydrogens (tertiary/aromatic N) is 3. The van der Waals surface area contributed by atoms with E-state index in [-0.39, 0.29) is 0 Å². The Morgan fingerprint density at radius 2 is 0.808 bits per heavy atom. The van der Waals surface area contributed by atoms with E-state index in [4.69, 9.17) is 15.0 Å². The molecule has 0 aliphatic rings. The average molecular weight is 662 g/mol. The SMILES string of the molecule is c1ccc(-c2cccc(-c3nc(-c4cccc(-c5ccc(-c6nc7ccccc7c7c6ccc6ccccc67)cc5)c4)c4ccccc4n3)c2)cc1. The second kappa shape index (κ2) is 12.4. The Kier molecular flexibility index (Phi) is 7.14. The molecule has 0 fully saturated rings. The molecule has 10 rings (SSSR count). The van der Waals surface area contributed by atoms with Crippen LogP contribution in [0.15, 0.2) is 188 Å². The lowest BCUT2D eigenvalue weighted by atomic mass is 9.94. The molecule has 242 valence electrons. The van der Waals surface area contributed by atoms with Crippen molar-refractivity contribution in [2.75, 3.05) is 0 Å². The van der Waals surface area contributed by atoms with E-state index in [2.05, 4.69) is 176 Å². The van der Waals surface area contributed by atoms with Crippen LogP contribution >= 0.6 is 0 Å². The van der Waals surface area contributed by atoms with Crippen LogP contribution in [0, 0.1) is 0 Å². The topological polar surface area (TPSA) is 38.7 Å². The van der Waals surface area contributed by atoms with E-state index < -0.39 is 0 Å². The van der Waals surface area contributed by atoms with Crippen LogP contribution in [0.25, 0.3) is 99.5 Å². The van der Waals surface area contributed by atoms with E-state index >= 15 is 0 Å². The van der Waals surface area contributed by atoms with Crippen molar-refractivity contribution in [1.82, 2.24) is 15.0 Å². The molecular weight excluding hydrogens is 631 g/mol. The summed E-state index contributed by atoms with van der Waals surface area (Å²) in [4.78, 5) is 15.5. The molecule has 0 bridgehead atoms. The number of hydrogen-bond acceptors (Lipinski definition) is 3. The van der Waals surface area contributed by atoms with Crippen LogP contribution in [0.5, 0.6) is 0 Å². The van der Waals surface area contributed by atoms with Crippen molar-refractivity contribution in [1.29, 1.82) is 0 Å². The minimum atomic E-state index is 0.712. The highest BCUT2D eigenvalue weighted by atomic mass is 14.9. The average Bonchev–Trinajstić information content (AvgIpc) is 3.23. The summed E-state index contributed by atoms with van der Waals surface area (Å²) in [7, 11) is 0. The quantitative estimate of drug-likeness (QED) is 0.172. The fraction of sp³-hybridized carbons (Fsp3) is 0. The Labute approximate surface area is 301 Å². The van der Waals surface area contributed by atoms with Crippen molar-refractivity contribution in [3.63, 3.8) is 0 Å². The minimum Gasteiger partial charge on any atom is -0.247 e. The smallest absolute Gasteiger partial charge is 0.160 e. The summed E-state index contributed by atoms with van der Waals surface area (Å²) >= 11 is 0. The maximum absolute atomic E-state index is 5.22. The molecule has 52 heavy (non-hydrogen) atoms. The first kappa shape index (κ1) is 29.9. The van der Waals surface area contributed by atoms with Gasteiger partial charge in [-0.25, -0.2) is 15.0 Å². The van der Waals surface area contributed by atoms with Gasteiger partial charge in [-0.1, -0.05) is 164 Å². The van der Waals surface area contributed by atoms with Gasteiger partial charge in [-0.05, 0) is 57.3 Å². The third-order valence-corrected chi connectivity index (χ3v) is 10.0. The normalized spacial score (nSPS) is 11.5. The predicted octanol–water partition coefficient (Wildman–Crippen LogP) is 12.8. The molecule has 3 nitrogen and oxygen atoms in total. The zero-order chi connectivity index (χ0) is 34.4. The molecule has 0 amide bonds. The lowest BCUT2D eigenvalue weighted by Gasteiger charge is -2.13. The van der Waals surface area contributed by atoms with E-state index in [1.165, 1.54) is 27.1 Å². The molecule has 0 N–H and O–H groups in total. The Morgan fingerprint density at radius 1 is 0.269 bits per heavy atom. The highest BCUT2D eigenvalue weighted by Gasteiger charge is 2.15. The summed E-state index contributed by atoms with van der Waals surface area (Å²) in [6.45, 7) is 0. The van der Waals surface area contributed by atoms with Crippen molar-refractivity contribution >= 4 is 43.4 Å². The zero-order valence-corrected chi connectivity index (χ0v) is 28.2. The van der Waals surface area contributed by atoms with E-state index in [0.29, 0.717) is 5.82 Å². The number of para-hydroxylation sites is 2. The van der Waals surface area contributed by atoms with Crippen molar-refractivity contribution in [2.24, 2.45) is 0 Å². The number of hydrogen-bond donors (Lipinski definition) is 0. The number of rotatable bonds is 5. The Morgan fingerprint density at radius 3 is 1.60 bits per heavy atom. The largest absolute Gasteiger partial charge is 0.247 e. The summed E-state index contributed by atoms with van der Waals surface area (Å²) in [5, 5.41) is 7.09. The Balaban J connectivity index is 1.05. The molecule has 0 unspecified atom stereocenters. The first-order valence-electron chi connectivity index (χ1n) is 17.6. The van der Waals surface area contributed by atoms with Gasteiger partial charge in [0.05, 0.1) is 22.4 Å². The van der Waals surface area contributed by atoms with Gasteiger partial charge in [-0.15, -0.1) is 0 Å². The predicted molar refractivity (Wildman–Crippen MR) is 217 cm³/mol. The molecule has 0 saturated heterocycles. The molecular formula is C49H31N3. The maximum Gasteiger partial charge on any atom is 0.160 e. The molecule has 0 spiro atoms. The van der Waals surface area contributed by atoms with Gasteiger partial charge in [0.2, 0.25) is 0 Å². The highest BCUT2D eigenvalue weighted by molar-refractivity contribution is 6.22. The van der Waals surface area contributed by atoms with Gasteiger partial charge in [0.25, 0.3) is 0 Å². The van der Waals surface area contributed by atoms with E-state index in [0.717, 1.165) is 66.6 Å². The van der Waals surface area contributed by atoms with Gasteiger partial charge >= 0.3 is 0 Å². The molecule has 2 heterocycles. The summed E-state index contributed by atoms with van der Waals surface area (Å²) < 4.78 is 0. The molecule has 0 radical (unpaired) electrons. The molecule has 2 aromatic heterocycles. The fourth-order valence-corrected chi connectivity index (χ4v) is 7.50. The number of benzene rings is 8. The number of aromatic nitrogens is 3. The minimum absolute atomic E-state index is 0.712. The van der Waals surface area contributed by atoms with E-state index in [1.807, 2.05) is 12.1 Å². The van der Waals surface area contributed by atoms with Crippen LogP contribution in [-0.2, 0) is 0 Å². The van der Waals surface area contributed by atoms with E-state index in [9.17, 15) is 0 Å². The molecule has 0 aliphatic carbocycles. The van der Waals surface area contributed by atoms with Crippen molar-refractivity contribution in [3.05, 3.63) is 188 Å². The van der Waals surface area contributed by atoms with Crippen LogP contribution in [0.3, 0.4) is 0 Å². The summed E-state index contributed by atoms with van der Waals surface area (Å²) in [6.07, 6.45) is 0. The standard InChI is InChI=1S/C49H31N3/c1-2-12-32(13-3-1)37-16-11-18-39(31-37)49-51-45-23-9-7-21-42(45)48(52-49)38-17-10-15-36(30-38)33-24-26-35(27-25-33)47-43-29-28-34-14-4-5-19-40(34)46(43)41-20-6-8-22-44(41)50-47/h1-31H. The van der Waals surface area contributed by atoms with Crippen molar-refractivity contribution < 1.29 is 0 Å². The zero-order valence-electron chi connectivity index (χ0n) is 28.2. The highest BCUT2D eigenvalue weighted by Crippen LogP contribution is 2.38. The Hall–Kier alpha value is -6.97. The van der Waals surface area contributed by atoms with Gasteiger partial charge in [0.1, 0.15) is 0 Å². The van der Waals surface area contributed by atoms with Gasteiger partial charge in [0.15, 0.2) is 5.82 Å². The van der Waals surface area contributed by atoms with Crippen molar-refractivity contribution in [3.8, 4) is 56.2 Å².